The Labute approximate surface area is 128 Å². The van der Waals surface area contributed by atoms with Crippen LogP contribution >= 0.6 is 31.9 Å². The minimum Gasteiger partial charge on any atom is -0.485 e. The van der Waals surface area contributed by atoms with Crippen molar-refractivity contribution in [3.8, 4) is 5.75 Å². The fourth-order valence-electron chi connectivity index (χ4n) is 1.67. The van der Waals surface area contributed by atoms with Gasteiger partial charge in [0.15, 0.2) is 0 Å². The zero-order valence-electron chi connectivity index (χ0n) is 10.4. The second kappa shape index (κ2) is 6.49. The Hall–Kier alpha value is -0.920. The second-order valence-corrected chi connectivity index (χ2v) is 5.81. The minimum atomic E-state index is 0.376. The maximum Gasteiger partial charge on any atom is 0.148 e. The highest BCUT2D eigenvalue weighted by Gasteiger charge is 2.10. The first-order chi connectivity index (χ1) is 9.10. The van der Waals surface area contributed by atoms with E-state index < -0.39 is 0 Å². The molecule has 2 rings (SSSR count). The summed E-state index contributed by atoms with van der Waals surface area (Å²) in [6, 6.07) is 4.03. The molecule has 0 saturated carbocycles. The van der Waals surface area contributed by atoms with Crippen LogP contribution in [-0.2, 0) is 20.1 Å². The topological polar surface area (TPSA) is 66.0 Å². The van der Waals surface area contributed by atoms with Crippen molar-refractivity contribution in [2.75, 3.05) is 6.54 Å². The van der Waals surface area contributed by atoms with Gasteiger partial charge in [-0.3, -0.25) is 4.68 Å². The molecular weight excluding hydrogens is 376 g/mol. The van der Waals surface area contributed by atoms with Gasteiger partial charge < -0.3 is 10.5 Å². The molecule has 1 heterocycles. The lowest BCUT2D eigenvalue weighted by Gasteiger charge is -2.11. The largest absolute Gasteiger partial charge is 0.485 e. The predicted octanol–water partition coefficient (Wildman–Crippen LogP) is 2.42. The monoisotopic (exact) mass is 388 g/mol. The number of nitrogens with zero attached hydrogens (tertiary/aromatic N) is 3. The van der Waals surface area contributed by atoms with Gasteiger partial charge >= 0.3 is 0 Å². The Morgan fingerprint density at radius 1 is 1.32 bits per heavy atom. The summed E-state index contributed by atoms with van der Waals surface area (Å²) in [4.78, 5) is 0. The molecule has 0 saturated heterocycles. The summed E-state index contributed by atoms with van der Waals surface area (Å²) in [7, 11) is 1.82. The highest BCUT2D eigenvalue weighted by molar-refractivity contribution is 9.11. The van der Waals surface area contributed by atoms with Crippen molar-refractivity contribution in [1.29, 1.82) is 0 Å². The summed E-state index contributed by atoms with van der Waals surface area (Å²) in [5, 5.41) is 7.84. The van der Waals surface area contributed by atoms with Crippen molar-refractivity contribution in [2.45, 2.75) is 13.0 Å². The fourth-order valence-corrected chi connectivity index (χ4v) is 3.18. The third kappa shape index (κ3) is 3.77. The van der Waals surface area contributed by atoms with Crippen LogP contribution in [0.5, 0.6) is 5.75 Å². The molecule has 0 radical (unpaired) electrons. The van der Waals surface area contributed by atoms with Crippen molar-refractivity contribution in [1.82, 2.24) is 15.0 Å². The number of halogens is 2. The number of hydrogen-bond donors (Lipinski definition) is 1. The molecule has 0 spiro atoms. The Kier molecular flexibility index (Phi) is 4.95. The zero-order chi connectivity index (χ0) is 13.8. The summed E-state index contributed by atoms with van der Waals surface area (Å²) >= 11 is 7.02. The molecule has 0 aliphatic rings. The van der Waals surface area contributed by atoms with E-state index in [2.05, 4.69) is 42.2 Å². The maximum absolute atomic E-state index is 5.76. The smallest absolute Gasteiger partial charge is 0.148 e. The summed E-state index contributed by atoms with van der Waals surface area (Å²) in [6.07, 6.45) is 2.66. The quantitative estimate of drug-likeness (QED) is 0.852. The lowest BCUT2D eigenvalue weighted by atomic mass is 10.1. The molecule has 19 heavy (non-hydrogen) atoms. The first kappa shape index (κ1) is 14.5. The average Bonchev–Trinajstić information content (AvgIpc) is 2.74. The van der Waals surface area contributed by atoms with Gasteiger partial charge in [0.05, 0.1) is 15.1 Å². The van der Waals surface area contributed by atoms with E-state index in [9.17, 15) is 0 Å². The van der Waals surface area contributed by atoms with Crippen LogP contribution in [0.2, 0.25) is 0 Å². The summed E-state index contributed by atoms with van der Waals surface area (Å²) in [5.41, 5.74) is 7.50. The van der Waals surface area contributed by atoms with E-state index in [1.54, 1.807) is 4.68 Å². The van der Waals surface area contributed by atoms with E-state index in [4.69, 9.17) is 10.5 Å². The molecule has 2 aromatic rings. The number of rotatable bonds is 5. The van der Waals surface area contributed by atoms with Crippen LogP contribution in [-0.4, -0.2) is 21.5 Å². The number of nitrogens with two attached hydrogens (primary N) is 1. The van der Waals surface area contributed by atoms with Crippen molar-refractivity contribution in [3.05, 3.63) is 38.5 Å². The molecule has 1 aromatic carbocycles. The molecular formula is C12H14Br2N4O. The normalized spacial score (nSPS) is 10.7. The molecule has 0 atom stereocenters. The number of aryl methyl sites for hydroxylation is 1. The van der Waals surface area contributed by atoms with Gasteiger partial charge in [0, 0.05) is 7.05 Å². The lowest BCUT2D eigenvalue weighted by molar-refractivity contribution is 0.297. The van der Waals surface area contributed by atoms with E-state index in [1.807, 2.05) is 25.4 Å². The highest BCUT2D eigenvalue weighted by atomic mass is 79.9. The molecule has 1 aromatic heterocycles. The van der Waals surface area contributed by atoms with Crippen molar-refractivity contribution in [2.24, 2.45) is 12.8 Å². The fraction of sp³-hybridized carbons (Fsp3) is 0.333. The van der Waals surface area contributed by atoms with Gasteiger partial charge in [-0.1, -0.05) is 5.21 Å². The van der Waals surface area contributed by atoms with Gasteiger partial charge in [-0.15, -0.1) is 5.10 Å². The molecule has 0 aliphatic heterocycles. The lowest BCUT2D eigenvalue weighted by Crippen LogP contribution is -2.03. The van der Waals surface area contributed by atoms with E-state index in [-0.39, 0.29) is 0 Å². The Bertz CT molecular complexity index is 548. The van der Waals surface area contributed by atoms with E-state index in [1.165, 1.54) is 0 Å². The third-order valence-corrected chi connectivity index (χ3v) is 3.68. The summed E-state index contributed by atoms with van der Waals surface area (Å²) in [6.45, 7) is 1.000. The van der Waals surface area contributed by atoms with Crippen molar-refractivity contribution in [3.63, 3.8) is 0 Å². The molecule has 0 aliphatic carbocycles. The van der Waals surface area contributed by atoms with Crippen LogP contribution in [0.3, 0.4) is 0 Å². The average molecular weight is 390 g/mol. The minimum absolute atomic E-state index is 0.376. The molecule has 0 bridgehead atoms. The van der Waals surface area contributed by atoms with Crippen LogP contribution in [0.1, 0.15) is 11.3 Å². The second-order valence-electron chi connectivity index (χ2n) is 4.10. The molecule has 102 valence electrons. The summed E-state index contributed by atoms with van der Waals surface area (Å²) in [5.74, 6) is 0.756. The van der Waals surface area contributed by atoms with Crippen LogP contribution in [0.25, 0.3) is 0 Å². The molecule has 0 unspecified atom stereocenters. The van der Waals surface area contributed by atoms with Crippen LogP contribution in [0.4, 0.5) is 0 Å². The SMILES string of the molecule is Cn1cc(COc2c(Br)cc(CCN)cc2Br)nn1. The standard InChI is InChI=1S/C12H14Br2N4O/c1-18-6-9(16-17-18)7-19-12-10(13)4-8(2-3-15)5-11(12)14/h4-6H,2-3,7,15H2,1H3. The number of hydrogen-bond acceptors (Lipinski definition) is 4. The predicted molar refractivity (Wildman–Crippen MR) is 79.9 cm³/mol. The number of aromatic nitrogens is 3. The van der Waals surface area contributed by atoms with Gasteiger partial charge in [0.2, 0.25) is 0 Å². The van der Waals surface area contributed by atoms with E-state index in [0.29, 0.717) is 13.2 Å². The Morgan fingerprint density at radius 3 is 2.53 bits per heavy atom. The molecule has 0 fully saturated rings. The van der Waals surface area contributed by atoms with Crippen LogP contribution in [0, 0.1) is 0 Å². The highest BCUT2D eigenvalue weighted by Crippen LogP contribution is 2.35. The Morgan fingerprint density at radius 2 is 2.00 bits per heavy atom. The number of ether oxygens (including phenoxy) is 1. The van der Waals surface area contributed by atoms with Crippen molar-refractivity contribution < 1.29 is 4.74 Å². The van der Waals surface area contributed by atoms with Gasteiger partial charge in [-0.05, 0) is 62.5 Å². The molecule has 2 N–H and O–H groups in total. The first-order valence-corrected chi connectivity index (χ1v) is 7.34. The zero-order valence-corrected chi connectivity index (χ0v) is 13.6. The van der Waals surface area contributed by atoms with Gasteiger partial charge in [-0.25, -0.2) is 0 Å². The number of benzene rings is 1. The maximum atomic E-state index is 5.76. The van der Waals surface area contributed by atoms with Crippen LogP contribution < -0.4 is 10.5 Å². The third-order valence-electron chi connectivity index (χ3n) is 2.51. The summed E-state index contributed by atoms with van der Waals surface area (Å²) < 4.78 is 9.20. The van der Waals surface area contributed by atoms with Gasteiger partial charge in [-0.2, -0.15) is 0 Å². The van der Waals surface area contributed by atoms with Gasteiger partial charge in [0.25, 0.3) is 0 Å². The molecule has 5 nitrogen and oxygen atoms in total. The molecule has 7 heteroatoms. The first-order valence-electron chi connectivity index (χ1n) is 5.76. The van der Waals surface area contributed by atoms with Gasteiger partial charge in [0.1, 0.15) is 18.1 Å². The van der Waals surface area contributed by atoms with E-state index in [0.717, 1.165) is 32.4 Å². The Balaban J connectivity index is 2.11. The van der Waals surface area contributed by atoms with E-state index >= 15 is 0 Å². The molecule has 0 amide bonds. The van der Waals surface area contributed by atoms with Crippen LogP contribution in [0.15, 0.2) is 27.3 Å². The van der Waals surface area contributed by atoms with Crippen molar-refractivity contribution >= 4 is 31.9 Å².